The van der Waals surface area contributed by atoms with Crippen LogP contribution in [0.3, 0.4) is 0 Å². The van der Waals surface area contributed by atoms with Gasteiger partial charge < -0.3 is 15.8 Å². The number of ether oxygens (including phenoxy) is 1. The Bertz CT molecular complexity index is 992. The second kappa shape index (κ2) is 8.08. The summed E-state index contributed by atoms with van der Waals surface area (Å²) in [6.45, 7) is 0.0864. The minimum Gasteiger partial charge on any atom is -0.456 e. The lowest BCUT2D eigenvalue weighted by Gasteiger charge is -2.37. The number of aliphatic imine (C=N–C) groups is 1. The number of nitrogens with zero attached hydrogens (tertiary/aromatic N) is 2. The quantitative estimate of drug-likeness (QED) is 0.741. The van der Waals surface area contributed by atoms with Crippen LogP contribution in [-0.4, -0.2) is 35.9 Å². The van der Waals surface area contributed by atoms with Gasteiger partial charge in [-0.2, -0.15) is 0 Å². The zero-order valence-electron chi connectivity index (χ0n) is 14.9. The molecule has 0 spiro atoms. The Morgan fingerprint density at radius 2 is 2.10 bits per heavy atom. The number of nitrogens with one attached hydrogen (secondary N) is 1. The SMILES string of the molecule is C[C@]1(c2cc(NC(=O)c3ncc(Cl)cc3Cl)ccc2F)N=C(N)O[C@H](CF)[C@@H]1F. The molecule has 0 saturated carbocycles. The molecule has 154 valence electrons. The first-order chi connectivity index (χ1) is 13.7. The van der Waals surface area contributed by atoms with E-state index in [9.17, 15) is 18.0 Å². The van der Waals surface area contributed by atoms with Crippen LogP contribution < -0.4 is 11.1 Å². The van der Waals surface area contributed by atoms with Crippen LogP contribution in [0.5, 0.6) is 0 Å². The summed E-state index contributed by atoms with van der Waals surface area (Å²) in [5.74, 6) is -1.50. The summed E-state index contributed by atoms with van der Waals surface area (Å²) in [7, 11) is 0. The van der Waals surface area contributed by atoms with Gasteiger partial charge in [-0.3, -0.25) is 4.79 Å². The van der Waals surface area contributed by atoms with Gasteiger partial charge >= 0.3 is 0 Å². The molecule has 0 unspecified atom stereocenters. The minimum absolute atomic E-state index is 0.0145. The largest absolute Gasteiger partial charge is 0.456 e. The van der Waals surface area contributed by atoms with Crippen LogP contribution in [0, 0.1) is 5.82 Å². The smallest absolute Gasteiger partial charge is 0.283 e. The van der Waals surface area contributed by atoms with Crippen molar-refractivity contribution >= 4 is 40.8 Å². The van der Waals surface area contributed by atoms with Gasteiger partial charge in [0.1, 0.15) is 23.7 Å². The number of alkyl halides is 2. The van der Waals surface area contributed by atoms with Gasteiger partial charge in [0.05, 0.1) is 10.0 Å². The maximum Gasteiger partial charge on any atom is 0.283 e. The number of anilines is 1. The highest BCUT2D eigenvalue weighted by molar-refractivity contribution is 6.36. The first-order valence-corrected chi connectivity index (χ1v) is 9.05. The molecule has 2 heterocycles. The monoisotopic (exact) mass is 446 g/mol. The number of amides is 1. The van der Waals surface area contributed by atoms with Crippen molar-refractivity contribution in [1.82, 2.24) is 4.98 Å². The summed E-state index contributed by atoms with van der Waals surface area (Å²) in [6, 6.07) is 4.34. The van der Waals surface area contributed by atoms with Crippen molar-refractivity contribution in [2.45, 2.75) is 24.7 Å². The fraction of sp³-hybridized carbons (Fsp3) is 0.278. The van der Waals surface area contributed by atoms with Crippen molar-refractivity contribution in [3.63, 3.8) is 0 Å². The van der Waals surface area contributed by atoms with Crippen molar-refractivity contribution in [3.05, 3.63) is 57.6 Å². The molecule has 11 heteroatoms. The summed E-state index contributed by atoms with van der Waals surface area (Å²) in [5, 5.41) is 2.75. The number of rotatable bonds is 4. The molecule has 1 aromatic heterocycles. The maximum absolute atomic E-state index is 14.9. The zero-order chi connectivity index (χ0) is 21.3. The normalized spacial score (nSPS) is 23.9. The number of hydrogen-bond acceptors (Lipinski definition) is 5. The number of halogens is 5. The molecule has 1 aromatic carbocycles. The number of benzene rings is 1. The van der Waals surface area contributed by atoms with E-state index in [2.05, 4.69) is 15.3 Å². The van der Waals surface area contributed by atoms with E-state index in [1.54, 1.807) is 0 Å². The van der Waals surface area contributed by atoms with Gasteiger partial charge in [-0.1, -0.05) is 23.2 Å². The Morgan fingerprint density at radius 1 is 1.38 bits per heavy atom. The fourth-order valence-corrected chi connectivity index (χ4v) is 3.44. The first kappa shape index (κ1) is 21.2. The van der Waals surface area contributed by atoms with Gasteiger partial charge in [0, 0.05) is 17.4 Å². The highest BCUT2D eigenvalue weighted by Gasteiger charge is 2.48. The highest BCUT2D eigenvalue weighted by Crippen LogP contribution is 2.39. The third kappa shape index (κ3) is 4.11. The van der Waals surface area contributed by atoms with Crippen LogP contribution in [0.4, 0.5) is 18.9 Å². The Balaban J connectivity index is 1.96. The van der Waals surface area contributed by atoms with E-state index in [1.807, 2.05) is 0 Å². The van der Waals surface area contributed by atoms with E-state index in [0.717, 1.165) is 6.07 Å². The molecule has 1 amide bonds. The lowest BCUT2D eigenvalue weighted by Crippen LogP contribution is -2.50. The van der Waals surface area contributed by atoms with Gasteiger partial charge in [0.2, 0.25) is 0 Å². The van der Waals surface area contributed by atoms with Crippen LogP contribution in [-0.2, 0) is 10.3 Å². The van der Waals surface area contributed by atoms with Crippen LogP contribution in [0.2, 0.25) is 10.0 Å². The first-order valence-electron chi connectivity index (χ1n) is 8.30. The van der Waals surface area contributed by atoms with Gasteiger partial charge in [-0.15, -0.1) is 0 Å². The predicted molar refractivity (Wildman–Crippen MR) is 103 cm³/mol. The van der Waals surface area contributed by atoms with E-state index in [0.29, 0.717) is 0 Å². The van der Waals surface area contributed by atoms with Crippen molar-refractivity contribution in [2.75, 3.05) is 12.0 Å². The number of amidine groups is 1. The zero-order valence-corrected chi connectivity index (χ0v) is 16.4. The van der Waals surface area contributed by atoms with Crippen molar-refractivity contribution < 1.29 is 22.7 Å². The standard InChI is InChI=1S/C18H15Cl2F3N4O2/c1-18(15(23)13(6-21)29-17(24)27-18)10-5-9(2-3-12(10)22)26-16(28)14-11(20)4-8(19)7-25-14/h2-5,7,13,15H,6H2,1H3,(H2,24,27)(H,26,28)/t13-,15+,18-/m1/s1. The lowest BCUT2D eigenvalue weighted by molar-refractivity contribution is 0.00453. The molecule has 0 bridgehead atoms. The average molecular weight is 447 g/mol. The predicted octanol–water partition coefficient (Wildman–Crippen LogP) is 4.02. The van der Waals surface area contributed by atoms with E-state index >= 15 is 0 Å². The molecule has 0 fully saturated rings. The number of pyridine rings is 1. The second-order valence-corrected chi connectivity index (χ2v) is 7.29. The Labute approximate surface area is 173 Å². The van der Waals surface area contributed by atoms with Gasteiger partial charge in [-0.05, 0) is 31.2 Å². The fourth-order valence-electron chi connectivity index (χ4n) is 2.98. The molecule has 1 aliphatic rings. The minimum atomic E-state index is -2.02. The summed E-state index contributed by atoms with van der Waals surface area (Å²) >= 11 is 11.7. The van der Waals surface area contributed by atoms with Crippen LogP contribution >= 0.6 is 23.2 Å². The van der Waals surface area contributed by atoms with Crippen LogP contribution in [0.15, 0.2) is 35.5 Å². The summed E-state index contributed by atoms with van der Waals surface area (Å²) in [4.78, 5) is 20.1. The number of nitrogens with two attached hydrogens (primary N) is 1. The molecule has 3 N–H and O–H groups in total. The molecule has 3 rings (SSSR count). The number of aromatic nitrogens is 1. The topological polar surface area (TPSA) is 89.6 Å². The molecule has 1 aliphatic heterocycles. The van der Waals surface area contributed by atoms with Gasteiger partial charge in [0.15, 0.2) is 12.3 Å². The van der Waals surface area contributed by atoms with Crippen molar-refractivity contribution in [3.8, 4) is 0 Å². The van der Waals surface area contributed by atoms with Crippen LogP contribution in [0.1, 0.15) is 23.0 Å². The molecule has 0 saturated heterocycles. The van der Waals surface area contributed by atoms with E-state index in [1.165, 1.54) is 31.3 Å². The Hall–Kier alpha value is -2.52. The molecular formula is C18H15Cl2F3N4O2. The highest BCUT2D eigenvalue weighted by atomic mass is 35.5. The summed E-state index contributed by atoms with van der Waals surface area (Å²) in [6.07, 6.45) is -2.32. The van der Waals surface area contributed by atoms with Gasteiger partial charge in [-0.25, -0.2) is 23.1 Å². The third-order valence-corrected chi connectivity index (χ3v) is 4.92. The molecule has 0 radical (unpaired) electrons. The summed E-state index contributed by atoms with van der Waals surface area (Å²) < 4.78 is 47.3. The number of carbonyl (C=O) groups is 1. The Morgan fingerprint density at radius 3 is 2.76 bits per heavy atom. The molecule has 6 nitrogen and oxygen atoms in total. The van der Waals surface area contributed by atoms with E-state index in [4.69, 9.17) is 33.7 Å². The molecule has 3 atom stereocenters. The number of hydrogen-bond donors (Lipinski definition) is 2. The van der Waals surface area contributed by atoms with Gasteiger partial charge in [0.25, 0.3) is 11.9 Å². The maximum atomic E-state index is 14.9. The summed E-state index contributed by atoms with van der Waals surface area (Å²) in [5.41, 5.74) is 3.43. The molecular weight excluding hydrogens is 432 g/mol. The van der Waals surface area contributed by atoms with E-state index < -0.39 is 42.2 Å². The molecule has 0 aliphatic carbocycles. The van der Waals surface area contributed by atoms with Crippen LogP contribution in [0.25, 0.3) is 0 Å². The lowest BCUT2D eigenvalue weighted by atomic mass is 9.84. The number of carbonyl (C=O) groups excluding carboxylic acids is 1. The second-order valence-electron chi connectivity index (χ2n) is 6.44. The average Bonchev–Trinajstić information content (AvgIpc) is 2.66. The van der Waals surface area contributed by atoms with E-state index in [-0.39, 0.29) is 27.0 Å². The third-order valence-electron chi connectivity index (χ3n) is 4.42. The van der Waals surface area contributed by atoms with Crippen molar-refractivity contribution in [2.24, 2.45) is 10.7 Å². The van der Waals surface area contributed by atoms with Crippen molar-refractivity contribution in [1.29, 1.82) is 0 Å². The molecule has 29 heavy (non-hydrogen) atoms. The Kier molecular flexibility index (Phi) is 5.90. The molecule has 2 aromatic rings.